The van der Waals surface area contributed by atoms with Crippen molar-refractivity contribution in [3.05, 3.63) is 0 Å². The van der Waals surface area contributed by atoms with Crippen LogP contribution in [0.15, 0.2) is 0 Å². The predicted molar refractivity (Wildman–Crippen MR) is 57.6 cm³/mol. The summed E-state index contributed by atoms with van der Waals surface area (Å²) in [5, 5.41) is 18.6. The molecule has 1 heterocycles. The summed E-state index contributed by atoms with van der Waals surface area (Å²) in [6.45, 7) is 8.07. The highest BCUT2D eigenvalue weighted by molar-refractivity contribution is 5.67. The van der Waals surface area contributed by atoms with E-state index in [-0.39, 0.29) is 18.3 Å². The van der Waals surface area contributed by atoms with E-state index in [1.54, 1.807) is 0 Å². The van der Waals surface area contributed by atoms with Crippen molar-refractivity contribution in [2.45, 2.75) is 32.8 Å². The van der Waals surface area contributed by atoms with Crippen LogP contribution in [0.25, 0.3) is 0 Å². The molecule has 0 aliphatic carbocycles. The Kier molecular flexibility index (Phi) is 3.73. The molecule has 4 heteroatoms. The third-order valence-corrected chi connectivity index (χ3v) is 3.28. The number of carboxylic acids is 1. The van der Waals surface area contributed by atoms with Gasteiger partial charge in [-0.15, -0.1) is 0 Å². The van der Waals surface area contributed by atoms with Crippen LogP contribution in [0.4, 0.5) is 0 Å². The number of carboxylic acid groups (broad SMARTS) is 1. The maximum Gasteiger partial charge on any atom is 0.303 e. The highest BCUT2D eigenvalue weighted by atomic mass is 16.4. The Balaban J connectivity index is 2.25. The first kappa shape index (κ1) is 12.5. The van der Waals surface area contributed by atoms with Crippen LogP contribution >= 0.6 is 0 Å². The van der Waals surface area contributed by atoms with E-state index in [9.17, 15) is 9.90 Å². The fraction of sp³-hybridized carbons (Fsp3) is 0.909. The van der Waals surface area contributed by atoms with E-state index < -0.39 is 11.6 Å². The zero-order valence-corrected chi connectivity index (χ0v) is 9.73. The number of aliphatic carboxylic acids is 1. The smallest absolute Gasteiger partial charge is 0.303 e. The molecule has 0 saturated carbocycles. The lowest BCUT2D eigenvalue weighted by molar-refractivity contribution is -0.140. The standard InChI is InChI=1S/C11H21NO3/c1-8(2)11(3,15)7-12-5-9(6-12)4-10(13)14/h8-9,15H,4-7H2,1-3H3,(H,13,14). The first-order valence-corrected chi connectivity index (χ1v) is 5.48. The summed E-state index contributed by atoms with van der Waals surface area (Å²) in [6, 6.07) is 0. The van der Waals surface area contributed by atoms with Crippen molar-refractivity contribution in [1.29, 1.82) is 0 Å². The van der Waals surface area contributed by atoms with E-state index in [0.717, 1.165) is 13.1 Å². The second-order valence-corrected chi connectivity index (χ2v) is 5.17. The molecule has 1 aliphatic rings. The molecule has 1 rings (SSSR count). The van der Waals surface area contributed by atoms with Crippen LogP contribution in [0, 0.1) is 11.8 Å². The molecule has 1 saturated heterocycles. The van der Waals surface area contributed by atoms with Crippen LogP contribution in [-0.2, 0) is 4.79 Å². The fourth-order valence-electron chi connectivity index (χ4n) is 1.82. The minimum atomic E-state index is -0.727. The van der Waals surface area contributed by atoms with Crippen molar-refractivity contribution in [3.8, 4) is 0 Å². The minimum absolute atomic E-state index is 0.219. The molecule has 1 unspecified atom stereocenters. The lowest BCUT2D eigenvalue weighted by Crippen LogP contribution is -2.54. The summed E-state index contributed by atoms with van der Waals surface area (Å²) in [7, 11) is 0. The van der Waals surface area contributed by atoms with Gasteiger partial charge in [0.05, 0.1) is 12.0 Å². The van der Waals surface area contributed by atoms with Gasteiger partial charge >= 0.3 is 5.97 Å². The molecule has 0 aromatic heterocycles. The van der Waals surface area contributed by atoms with Crippen LogP contribution < -0.4 is 0 Å². The highest BCUT2D eigenvalue weighted by Gasteiger charge is 2.34. The Morgan fingerprint density at radius 1 is 1.53 bits per heavy atom. The van der Waals surface area contributed by atoms with Crippen LogP contribution in [0.3, 0.4) is 0 Å². The quantitative estimate of drug-likeness (QED) is 0.712. The number of rotatable bonds is 5. The summed E-state index contributed by atoms with van der Waals surface area (Å²) < 4.78 is 0. The first-order chi connectivity index (χ1) is 6.81. The van der Waals surface area contributed by atoms with Gasteiger partial charge in [0.1, 0.15) is 0 Å². The van der Waals surface area contributed by atoms with E-state index in [1.807, 2.05) is 20.8 Å². The van der Waals surface area contributed by atoms with Gasteiger partial charge in [0, 0.05) is 19.6 Å². The van der Waals surface area contributed by atoms with Gasteiger partial charge in [0.25, 0.3) is 0 Å². The zero-order valence-electron chi connectivity index (χ0n) is 9.73. The molecule has 0 radical (unpaired) electrons. The molecule has 0 aromatic rings. The van der Waals surface area contributed by atoms with Crippen molar-refractivity contribution in [3.63, 3.8) is 0 Å². The number of hydrogen-bond donors (Lipinski definition) is 2. The minimum Gasteiger partial charge on any atom is -0.481 e. The summed E-state index contributed by atoms with van der Waals surface area (Å²) in [6.07, 6.45) is 0.250. The number of carbonyl (C=O) groups is 1. The van der Waals surface area contributed by atoms with Gasteiger partial charge in [-0.3, -0.25) is 9.69 Å². The molecule has 0 spiro atoms. The van der Waals surface area contributed by atoms with Gasteiger partial charge in [-0.05, 0) is 18.8 Å². The molecule has 0 bridgehead atoms. The lowest BCUT2D eigenvalue weighted by atomic mass is 9.88. The number of likely N-dealkylation sites (tertiary alicyclic amines) is 1. The molecule has 15 heavy (non-hydrogen) atoms. The second-order valence-electron chi connectivity index (χ2n) is 5.17. The molecule has 4 nitrogen and oxygen atoms in total. The molecular weight excluding hydrogens is 194 g/mol. The molecule has 0 amide bonds. The van der Waals surface area contributed by atoms with Crippen molar-refractivity contribution in [2.24, 2.45) is 11.8 Å². The fourth-order valence-corrected chi connectivity index (χ4v) is 1.82. The third kappa shape index (κ3) is 3.47. The summed E-state index contributed by atoms with van der Waals surface area (Å²) in [5.74, 6) is -0.239. The molecule has 1 fully saturated rings. The Morgan fingerprint density at radius 2 is 2.07 bits per heavy atom. The van der Waals surface area contributed by atoms with Crippen LogP contribution in [0.2, 0.25) is 0 Å². The monoisotopic (exact) mass is 215 g/mol. The summed E-state index contributed by atoms with van der Waals surface area (Å²) in [5.41, 5.74) is -0.672. The Labute approximate surface area is 90.9 Å². The van der Waals surface area contributed by atoms with Crippen molar-refractivity contribution in [1.82, 2.24) is 4.90 Å². The third-order valence-electron chi connectivity index (χ3n) is 3.28. The van der Waals surface area contributed by atoms with E-state index in [1.165, 1.54) is 0 Å². The highest BCUT2D eigenvalue weighted by Crippen LogP contribution is 2.24. The number of hydrogen-bond acceptors (Lipinski definition) is 3. The summed E-state index contributed by atoms with van der Waals surface area (Å²) >= 11 is 0. The normalized spacial score (nSPS) is 22.5. The molecule has 1 aliphatic heterocycles. The topological polar surface area (TPSA) is 60.8 Å². The maximum atomic E-state index is 10.4. The van der Waals surface area contributed by atoms with E-state index in [0.29, 0.717) is 6.54 Å². The van der Waals surface area contributed by atoms with Gasteiger partial charge in [-0.25, -0.2) is 0 Å². The second kappa shape index (κ2) is 4.49. The zero-order chi connectivity index (χ0) is 11.6. The van der Waals surface area contributed by atoms with Gasteiger partial charge in [0.15, 0.2) is 0 Å². The van der Waals surface area contributed by atoms with Crippen LogP contribution in [0.1, 0.15) is 27.2 Å². The van der Waals surface area contributed by atoms with E-state index >= 15 is 0 Å². The maximum absolute atomic E-state index is 10.4. The molecule has 2 N–H and O–H groups in total. The molecular formula is C11H21NO3. The number of aliphatic hydroxyl groups is 1. The van der Waals surface area contributed by atoms with Gasteiger partial charge in [0.2, 0.25) is 0 Å². The average molecular weight is 215 g/mol. The van der Waals surface area contributed by atoms with Gasteiger partial charge in [-0.2, -0.15) is 0 Å². The van der Waals surface area contributed by atoms with Crippen LogP contribution in [0.5, 0.6) is 0 Å². The van der Waals surface area contributed by atoms with E-state index in [2.05, 4.69) is 4.90 Å². The van der Waals surface area contributed by atoms with Gasteiger partial charge < -0.3 is 10.2 Å². The number of β-amino-alcohol motifs (C(OH)–C–C–N with tert-alkyl or cyclic N) is 1. The van der Waals surface area contributed by atoms with Crippen molar-refractivity contribution < 1.29 is 15.0 Å². The molecule has 0 aromatic carbocycles. The lowest BCUT2D eigenvalue weighted by Gasteiger charge is -2.43. The molecule has 1 atom stereocenters. The average Bonchev–Trinajstić information content (AvgIpc) is 1.98. The first-order valence-electron chi connectivity index (χ1n) is 5.48. The predicted octanol–water partition coefficient (Wildman–Crippen LogP) is 0.800. The number of nitrogens with zero attached hydrogens (tertiary/aromatic N) is 1. The van der Waals surface area contributed by atoms with E-state index in [4.69, 9.17) is 5.11 Å². The molecule has 88 valence electrons. The van der Waals surface area contributed by atoms with Crippen molar-refractivity contribution in [2.75, 3.05) is 19.6 Å². The summed E-state index contributed by atoms with van der Waals surface area (Å²) in [4.78, 5) is 12.6. The Bertz CT molecular complexity index is 232. The van der Waals surface area contributed by atoms with Crippen LogP contribution in [-0.4, -0.2) is 46.3 Å². The Morgan fingerprint density at radius 3 is 2.47 bits per heavy atom. The van der Waals surface area contributed by atoms with Crippen molar-refractivity contribution >= 4 is 5.97 Å². The van der Waals surface area contributed by atoms with Gasteiger partial charge in [-0.1, -0.05) is 13.8 Å². The largest absolute Gasteiger partial charge is 0.481 e. The Hall–Kier alpha value is -0.610. The SMILES string of the molecule is CC(C)C(C)(O)CN1CC(CC(=O)O)C1.